The lowest BCUT2D eigenvalue weighted by Crippen LogP contribution is -2.14. The van der Waals surface area contributed by atoms with Crippen molar-refractivity contribution in [3.05, 3.63) is 59.1 Å². The summed E-state index contributed by atoms with van der Waals surface area (Å²) in [5, 5.41) is 16.1. The first-order chi connectivity index (χ1) is 10.7. The van der Waals surface area contributed by atoms with Gasteiger partial charge in [-0.1, -0.05) is 51.4 Å². The lowest BCUT2D eigenvalue weighted by Gasteiger charge is -2.06. The molecule has 0 aliphatic carbocycles. The van der Waals surface area contributed by atoms with Gasteiger partial charge >= 0.3 is 0 Å². The number of hydrogen-bond acceptors (Lipinski definition) is 4. The Hall–Kier alpha value is -2.54. The summed E-state index contributed by atoms with van der Waals surface area (Å²) in [4.78, 5) is 13.8. The summed E-state index contributed by atoms with van der Waals surface area (Å²) in [5.41, 5.74) is 0.555. The van der Waals surface area contributed by atoms with Crippen LogP contribution in [0.2, 0.25) is 0 Å². The van der Waals surface area contributed by atoms with Crippen LogP contribution in [0.25, 0.3) is 10.8 Å². The van der Waals surface area contributed by atoms with E-state index in [9.17, 15) is 4.79 Å². The maximum atomic E-state index is 12.4. The molecule has 0 saturated heterocycles. The van der Waals surface area contributed by atoms with E-state index >= 15 is 0 Å². The summed E-state index contributed by atoms with van der Waals surface area (Å²) >= 11 is 3.49. The highest BCUT2D eigenvalue weighted by atomic mass is 79.9. The van der Waals surface area contributed by atoms with Crippen LogP contribution >= 0.6 is 15.9 Å². The van der Waals surface area contributed by atoms with Crippen LogP contribution in [0.5, 0.6) is 0 Å². The van der Waals surface area contributed by atoms with Gasteiger partial charge in [0.15, 0.2) is 0 Å². The Morgan fingerprint density at radius 1 is 1.27 bits per heavy atom. The number of tetrazole rings is 1. The number of hydrogen-bond donors (Lipinski definition) is 1. The molecule has 0 aliphatic heterocycles. The molecule has 1 heterocycles. The number of nitrogens with zero attached hydrogens (tertiary/aromatic N) is 4. The van der Waals surface area contributed by atoms with Crippen molar-refractivity contribution in [2.24, 2.45) is 0 Å². The number of aromatic nitrogens is 4. The number of rotatable bonds is 4. The highest BCUT2D eigenvalue weighted by Crippen LogP contribution is 2.26. The molecule has 22 heavy (non-hydrogen) atoms. The molecule has 0 atom stereocenters. The van der Waals surface area contributed by atoms with E-state index in [1.165, 1.54) is 4.80 Å². The third kappa shape index (κ3) is 2.75. The van der Waals surface area contributed by atoms with Gasteiger partial charge in [0.2, 0.25) is 0 Å². The van der Waals surface area contributed by atoms with Crippen LogP contribution in [0.4, 0.5) is 5.95 Å². The summed E-state index contributed by atoms with van der Waals surface area (Å²) in [6.45, 7) is 4.03. The third-order valence-corrected chi connectivity index (χ3v) is 3.78. The van der Waals surface area contributed by atoms with Gasteiger partial charge in [0.05, 0.1) is 6.54 Å². The van der Waals surface area contributed by atoms with Crippen LogP contribution in [0.3, 0.4) is 0 Å². The highest BCUT2D eigenvalue weighted by Gasteiger charge is 2.13. The Morgan fingerprint density at radius 2 is 2.05 bits per heavy atom. The normalized spacial score (nSPS) is 10.6. The van der Waals surface area contributed by atoms with Crippen molar-refractivity contribution in [2.75, 3.05) is 5.32 Å². The minimum Gasteiger partial charge on any atom is -0.288 e. The number of anilines is 1. The van der Waals surface area contributed by atoms with Crippen LogP contribution in [-0.2, 0) is 6.54 Å². The lowest BCUT2D eigenvalue weighted by molar-refractivity contribution is 0.102. The average Bonchev–Trinajstić information content (AvgIpc) is 2.95. The van der Waals surface area contributed by atoms with Crippen molar-refractivity contribution >= 4 is 38.6 Å². The molecule has 0 saturated carbocycles. The van der Waals surface area contributed by atoms with Crippen LogP contribution < -0.4 is 5.32 Å². The number of carbonyl (C=O) groups excluding carboxylic acids is 1. The molecule has 3 aromatic rings. The minimum atomic E-state index is -0.276. The zero-order valence-electron chi connectivity index (χ0n) is 11.5. The van der Waals surface area contributed by atoms with Crippen molar-refractivity contribution in [3.8, 4) is 0 Å². The quantitative estimate of drug-likeness (QED) is 0.728. The predicted octanol–water partition coefficient (Wildman–Crippen LogP) is 3.03. The van der Waals surface area contributed by atoms with Gasteiger partial charge < -0.3 is 0 Å². The second kappa shape index (κ2) is 6.07. The van der Waals surface area contributed by atoms with Gasteiger partial charge in [0, 0.05) is 10.0 Å². The van der Waals surface area contributed by atoms with E-state index in [1.807, 2.05) is 30.3 Å². The summed E-state index contributed by atoms with van der Waals surface area (Å²) in [6.07, 6.45) is 1.65. The Morgan fingerprint density at radius 3 is 2.86 bits per heavy atom. The van der Waals surface area contributed by atoms with Crippen LogP contribution in [-0.4, -0.2) is 26.1 Å². The monoisotopic (exact) mass is 357 g/mol. The topological polar surface area (TPSA) is 72.7 Å². The predicted molar refractivity (Wildman–Crippen MR) is 87.6 cm³/mol. The van der Waals surface area contributed by atoms with Gasteiger partial charge in [-0.3, -0.25) is 10.1 Å². The van der Waals surface area contributed by atoms with Crippen LogP contribution in [0, 0.1) is 0 Å². The number of nitrogens with one attached hydrogen (secondary N) is 1. The van der Waals surface area contributed by atoms with E-state index in [1.54, 1.807) is 12.1 Å². The molecule has 3 rings (SSSR count). The molecule has 1 N–H and O–H groups in total. The molecule has 1 amide bonds. The summed E-state index contributed by atoms with van der Waals surface area (Å²) in [7, 11) is 0. The zero-order chi connectivity index (χ0) is 15.5. The van der Waals surface area contributed by atoms with Gasteiger partial charge in [0.25, 0.3) is 11.9 Å². The van der Waals surface area contributed by atoms with Crippen molar-refractivity contribution in [1.82, 2.24) is 20.2 Å². The average molecular weight is 358 g/mol. The maximum absolute atomic E-state index is 12.4. The highest BCUT2D eigenvalue weighted by molar-refractivity contribution is 9.10. The molecule has 7 heteroatoms. The summed E-state index contributed by atoms with van der Waals surface area (Å²) in [5.74, 6) is -0.110. The SMILES string of the molecule is C=CCn1nnc(NC(=O)c2cccc3c(Br)cccc23)n1. The second-order valence-electron chi connectivity index (χ2n) is 4.55. The van der Waals surface area contributed by atoms with Crippen molar-refractivity contribution in [2.45, 2.75) is 6.54 Å². The first kappa shape index (κ1) is 14.4. The molecular formula is C15H12BrN5O. The maximum Gasteiger partial charge on any atom is 0.270 e. The molecule has 0 radical (unpaired) electrons. The molecule has 6 nitrogen and oxygen atoms in total. The summed E-state index contributed by atoms with van der Waals surface area (Å²) in [6, 6.07) is 11.3. The van der Waals surface area contributed by atoms with Gasteiger partial charge in [-0.25, -0.2) is 0 Å². The van der Waals surface area contributed by atoms with Crippen molar-refractivity contribution < 1.29 is 4.79 Å². The zero-order valence-corrected chi connectivity index (χ0v) is 13.1. The first-order valence-electron chi connectivity index (χ1n) is 6.56. The van der Waals surface area contributed by atoms with Crippen LogP contribution in [0.1, 0.15) is 10.4 Å². The Kier molecular flexibility index (Phi) is 3.97. The second-order valence-corrected chi connectivity index (χ2v) is 5.41. The fourth-order valence-electron chi connectivity index (χ4n) is 2.12. The summed E-state index contributed by atoms with van der Waals surface area (Å²) < 4.78 is 0.940. The fraction of sp³-hybridized carbons (Fsp3) is 0.0667. The lowest BCUT2D eigenvalue weighted by atomic mass is 10.0. The molecule has 110 valence electrons. The molecular weight excluding hydrogens is 346 g/mol. The molecule has 0 unspecified atom stereocenters. The van der Waals surface area contributed by atoms with Gasteiger partial charge in [-0.05, 0) is 28.1 Å². The van der Waals surface area contributed by atoms with Gasteiger partial charge in [-0.2, -0.15) is 4.80 Å². The largest absolute Gasteiger partial charge is 0.288 e. The number of benzene rings is 2. The van der Waals surface area contributed by atoms with E-state index in [0.29, 0.717) is 12.1 Å². The molecule has 0 fully saturated rings. The van der Waals surface area contributed by atoms with E-state index in [4.69, 9.17) is 0 Å². The van der Waals surface area contributed by atoms with Crippen LogP contribution in [0.15, 0.2) is 53.5 Å². The number of halogens is 1. The van der Waals surface area contributed by atoms with Gasteiger partial charge in [-0.15, -0.1) is 11.7 Å². The van der Waals surface area contributed by atoms with Crippen molar-refractivity contribution in [1.29, 1.82) is 0 Å². The smallest absolute Gasteiger partial charge is 0.270 e. The molecule has 0 spiro atoms. The molecule has 0 aliphatic rings. The fourth-order valence-corrected chi connectivity index (χ4v) is 2.62. The Balaban J connectivity index is 1.91. The van der Waals surface area contributed by atoms with E-state index < -0.39 is 0 Å². The first-order valence-corrected chi connectivity index (χ1v) is 7.35. The third-order valence-electron chi connectivity index (χ3n) is 3.08. The standard InChI is InChI=1S/C15H12BrN5O/c1-2-9-21-19-15(18-20-21)17-14(22)12-7-3-6-11-10(12)5-4-8-13(11)16/h2-8H,1,9H2,(H,17,19,22). The van der Waals surface area contributed by atoms with E-state index in [-0.39, 0.29) is 11.9 Å². The molecule has 1 aromatic heterocycles. The van der Waals surface area contributed by atoms with E-state index in [0.717, 1.165) is 15.2 Å². The number of amides is 1. The number of fused-ring (bicyclic) bond motifs is 1. The van der Waals surface area contributed by atoms with E-state index in [2.05, 4.69) is 43.2 Å². The van der Waals surface area contributed by atoms with Crippen molar-refractivity contribution in [3.63, 3.8) is 0 Å². The number of allylic oxidation sites excluding steroid dienone is 1. The van der Waals surface area contributed by atoms with Gasteiger partial charge in [0.1, 0.15) is 0 Å². The molecule has 0 bridgehead atoms. The number of carbonyl (C=O) groups is 1. The minimum absolute atomic E-state index is 0.166. The Bertz CT molecular complexity index is 858. The Labute approximate surface area is 135 Å². The molecule has 2 aromatic carbocycles.